The third kappa shape index (κ3) is 4.31. The molecule has 0 aliphatic heterocycles. The number of anilines is 1. The van der Waals surface area contributed by atoms with Gasteiger partial charge >= 0.3 is 6.18 Å². The van der Waals surface area contributed by atoms with Crippen LogP contribution in [0.25, 0.3) is 0 Å². The fraction of sp³-hybridized carbons (Fsp3) is 0.417. The largest absolute Gasteiger partial charge is 0.416 e. The van der Waals surface area contributed by atoms with Gasteiger partial charge < -0.3 is 10.6 Å². The average Bonchev–Trinajstić information content (AvgIpc) is 3.08. The van der Waals surface area contributed by atoms with Crippen molar-refractivity contribution in [1.82, 2.24) is 5.32 Å². The molecule has 0 radical (unpaired) electrons. The van der Waals surface area contributed by atoms with Gasteiger partial charge in [-0.1, -0.05) is 11.6 Å². The van der Waals surface area contributed by atoms with Gasteiger partial charge in [0.25, 0.3) is 0 Å². The van der Waals surface area contributed by atoms with Crippen molar-refractivity contribution in [1.29, 1.82) is 0 Å². The number of carbonyl (C=O) groups is 1. The Morgan fingerprint density at radius 2 is 2.00 bits per heavy atom. The fourth-order valence-electron chi connectivity index (χ4n) is 1.54. The van der Waals surface area contributed by atoms with E-state index < -0.39 is 11.7 Å². The van der Waals surface area contributed by atoms with Gasteiger partial charge in [-0.05, 0) is 31.0 Å². The normalized spacial score (nSPS) is 15.2. The molecule has 19 heavy (non-hydrogen) atoms. The Balaban J connectivity index is 1.99. The monoisotopic (exact) mass is 292 g/mol. The molecule has 1 aliphatic rings. The van der Waals surface area contributed by atoms with Crippen molar-refractivity contribution in [2.45, 2.75) is 25.1 Å². The minimum absolute atomic E-state index is 0.0278. The van der Waals surface area contributed by atoms with Crippen molar-refractivity contribution in [3.05, 3.63) is 28.8 Å². The number of hydrogen-bond donors (Lipinski definition) is 2. The highest BCUT2D eigenvalue weighted by molar-refractivity contribution is 6.30. The molecule has 3 nitrogen and oxygen atoms in total. The number of hydrogen-bond acceptors (Lipinski definition) is 2. The van der Waals surface area contributed by atoms with Crippen LogP contribution in [0.5, 0.6) is 0 Å². The lowest BCUT2D eigenvalue weighted by molar-refractivity contribution is -0.137. The first kappa shape index (κ1) is 14.0. The van der Waals surface area contributed by atoms with Crippen molar-refractivity contribution in [2.24, 2.45) is 0 Å². The lowest BCUT2D eigenvalue weighted by Crippen LogP contribution is -2.31. The predicted octanol–water partition coefficient (Wildman–Crippen LogP) is 3.05. The molecular formula is C12H12ClF3N2O. The summed E-state index contributed by atoms with van der Waals surface area (Å²) in [6, 6.07) is 3.34. The van der Waals surface area contributed by atoms with Gasteiger partial charge in [-0.25, -0.2) is 0 Å². The molecular weight excluding hydrogens is 281 g/mol. The number of halogens is 4. The van der Waals surface area contributed by atoms with Gasteiger partial charge in [0.15, 0.2) is 0 Å². The molecule has 2 N–H and O–H groups in total. The molecule has 0 heterocycles. The summed E-state index contributed by atoms with van der Waals surface area (Å²) in [6.07, 6.45) is -2.54. The van der Waals surface area contributed by atoms with Crippen molar-refractivity contribution < 1.29 is 18.0 Å². The molecule has 104 valence electrons. The zero-order valence-electron chi connectivity index (χ0n) is 9.85. The van der Waals surface area contributed by atoms with Gasteiger partial charge in [0.2, 0.25) is 5.91 Å². The van der Waals surface area contributed by atoms with E-state index in [9.17, 15) is 18.0 Å². The maximum Gasteiger partial charge on any atom is 0.416 e. The lowest BCUT2D eigenvalue weighted by atomic mass is 10.2. The summed E-state index contributed by atoms with van der Waals surface area (Å²) in [5.41, 5.74) is -0.670. The van der Waals surface area contributed by atoms with Crippen LogP contribution in [-0.2, 0) is 11.0 Å². The Labute approximate surface area is 113 Å². The van der Waals surface area contributed by atoms with E-state index in [4.69, 9.17) is 11.6 Å². The molecule has 7 heteroatoms. The summed E-state index contributed by atoms with van der Waals surface area (Å²) in [5, 5.41) is 5.33. The molecule has 1 aromatic rings. The molecule has 1 aromatic carbocycles. The van der Waals surface area contributed by atoms with Gasteiger partial charge in [0.05, 0.1) is 12.1 Å². The maximum absolute atomic E-state index is 12.6. The number of alkyl halides is 3. The fourth-order valence-corrected chi connectivity index (χ4v) is 1.78. The highest BCUT2D eigenvalue weighted by Gasteiger charge is 2.31. The van der Waals surface area contributed by atoms with Crippen LogP contribution in [0.3, 0.4) is 0 Å². The molecule has 0 spiro atoms. The van der Waals surface area contributed by atoms with Crippen molar-refractivity contribution in [2.75, 3.05) is 11.9 Å². The zero-order chi connectivity index (χ0) is 14.0. The van der Waals surface area contributed by atoms with Crippen LogP contribution in [0.4, 0.5) is 18.9 Å². The molecule has 0 saturated heterocycles. The number of carbonyl (C=O) groups excluding carboxylic acids is 1. The Kier molecular flexibility index (Phi) is 3.89. The van der Waals surface area contributed by atoms with E-state index in [0.717, 1.165) is 25.0 Å². The summed E-state index contributed by atoms with van der Waals surface area (Å²) in [5.74, 6) is -0.240. The minimum atomic E-state index is -4.46. The number of amides is 1. The van der Waals surface area contributed by atoms with Gasteiger partial charge in [-0.15, -0.1) is 0 Å². The zero-order valence-corrected chi connectivity index (χ0v) is 10.6. The Morgan fingerprint density at radius 1 is 1.32 bits per heavy atom. The highest BCUT2D eigenvalue weighted by Crippen LogP contribution is 2.33. The topological polar surface area (TPSA) is 41.1 Å². The van der Waals surface area contributed by atoms with Crippen LogP contribution in [0.2, 0.25) is 5.02 Å². The van der Waals surface area contributed by atoms with Crippen molar-refractivity contribution in [3.8, 4) is 0 Å². The van der Waals surface area contributed by atoms with Gasteiger partial charge in [-0.2, -0.15) is 13.2 Å². The summed E-state index contributed by atoms with van der Waals surface area (Å²) in [4.78, 5) is 11.4. The molecule has 0 bridgehead atoms. The maximum atomic E-state index is 12.6. The van der Waals surface area contributed by atoms with Crippen molar-refractivity contribution in [3.63, 3.8) is 0 Å². The van der Waals surface area contributed by atoms with E-state index >= 15 is 0 Å². The summed E-state index contributed by atoms with van der Waals surface area (Å²) in [6.45, 7) is -0.0753. The first-order valence-corrected chi connectivity index (χ1v) is 6.13. The number of nitrogens with one attached hydrogen (secondary N) is 2. The van der Waals surface area contributed by atoms with E-state index in [2.05, 4.69) is 10.6 Å². The van der Waals surface area contributed by atoms with Crippen LogP contribution >= 0.6 is 11.6 Å². The Hall–Kier alpha value is -1.43. The van der Waals surface area contributed by atoms with Crippen LogP contribution in [0.1, 0.15) is 18.4 Å². The molecule has 1 saturated carbocycles. The summed E-state index contributed by atoms with van der Waals surface area (Å²) >= 11 is 5.63. The van der Waals surface area contributed by atoms with Crippen LogP contribution in [0, 0.1) is 0 Å². The predicted molar refractivity (Wildman–Crippen MR) is 66.1 cm³/mol. The number of rotatable bonds is 4. The molecule has 1 aliphatic carbocycles. The van der Waals surface area contributed by atoms with Gasteiger partial charge in [0, 0.05) is 16.8 Å². The Bertz CT molecular complexity index is 486. The molecule has 1 fully saturated rings. The van der Waals surface area contributed by atoms with E-state index in [1.165, 1.54) is 6.07 Å². The molecule has 2 rings (SSSR count). The van der Waals surface area contributed by atoms with E-state index in [-0.39, 0.29) is 29.2 Å². The van der Waals surface area contributed by atoms with E-state index in [1.807, 2.05) is 0 Å². The third-order valence-corrected chi connectivity index (χ3v) is 2.84. The van der Waals surface area contributed by atoms with E-state index in [1.54, 1.807) is 0 Å². The smallest absolute Gasteiger partial charge is 0.376 e. The average molecular weight is 293 g/mol. The summed E-state index contributed by atoms with van der Waals surface area (Å²) in [7, 11) is 0. The second-order valence-electron chi connectivity index (χ2n) is 4.42. The summed E-state index contributed by atoms with van der Waals surface area (Å²) < 4.78 is 37.7. The molecule has 1 amide bonds. The van der Waals surface area contributed by atoms with Crippen molar-refractivity contribution >= 4 is 23.2 Å². The standard InChI is InChI=1S/C12H12ClF3N2O/c13-8-3-7(12(14,15)16)4-10(5-8)17-6-11(19)18-9-1-2-9/h3-5,9,17H,1-2,6H2,(H,18,19). The first-order chi connectivity index (χ1) is 8.84. The molecule has 0 unspecified atom stereocenters. The highest BCUT2D eigenvalue weighted by atomic mass is 35.5. The van der Waals surface area contributed by atoms with Crippen LogP contribution in [-0.4, -0.2) is 18.5 Å². The second-order valence-corrected chi connectivity index (χ2v) is 4.86. The molecule has 0 atom stereocenters. The Morgan fingerprint density at radius 3 is 2.58 bits per heavy atom. The third-order valence-electron chi connectivity index (χ3n) is 2.62. The lowest BCUT2D eigenvalue weighted by Gasteiger charge is -2.11. The van der Waals surface area contributed by atoms with Crippen LogP contribution in [0.15, 0.2) is 18.2 Å². The number of benzene rings is 1. The van der Waals surface area contributed by atoms with Crippen LogP contribution < -0.4 is 10.6 Å². The van der Waals surface area contributed by atoms with Gasteiger partial charge in [-0.3, -0.25) is 4.79 Å². The van der Waals surface area contributed by atoms with Gasteiger partial charge in [0.1, 0.15) is 0 Å². The van der Waals surface area contributed by atoms with E-state index in [0.29, 0.717) is 0 Å². The first-order valence-electron chi connectivity index (χ1n) is 5.75. The quantitative estimate of drug-likeness (QED) is 0.895. The molecule has 0 aromatic heterocycles. The second kappa shape index (κ2) is 5.28. The minimum Gasteiger partial charge on any atom is -0.376 e. The SMILES string of the molecule is O=C(CNc1cc(Cl)cc(C(F)(F)F)c1)NC1CC1.